The molecule has 6 nitrogen and oxygen atoms in total. The predicted molar refractivity (Wildman–Crippen MR) is 94.4 cm³/mol. The number of rotatable bonds is 6. The number of hydrogen-bond acceptors (Lipinski definition) is 4. The lowest BCUT2D eigenvalue weighted by Crippen LogP contribution is -2.37. The van der Waals surface area contributed by atoms with E-state index in [0.717, 1.165) is 17.0 Å². The number of amides is 2. The molecule has 2 aromatic rings. The van der Waals surface area contributed by atoms with Crippen molar-refractivity contribution in [3.05, 3.63) is 64.9 Å². The highest BCUT2D eigenvalue weighted by Gasteiger charge is 2.16. The van der Waals surface area contributed by atoms with Gasteiger partial charge in [0.05, 0.1) is 22.8 Å². The summed E-state index contributed by atoms with van der Waals surface area (Å²) in [5, 5.41) is 2.96. The van der Waals surface area contributed by atoms with Gasteiger partial charge in [0.25, 0.3) is 5.91 Å². The summed E-state index contributed by atoms with van der Waals surface area (Å²) in [5.74, 6) is -2.25. The highest BCUT2D eigenvalue weighted by Crippen LogP contribution is 2.20. The quantitative estimate of drug-likeness (QED) is 0.784. The molecule has 0 heterocycles. The van der Waals surface area contributed by atoms with Gasteiger partial charge in [0.2, 0.25) is 5.91 Å². The van der Waals surface area contributed by atoms with Crippen molar-refractivity contribution in [2.24, 2.45) is 0 Å². The number of benzene rings is 2. The Morgan fingerprint density at radius 3 is 2.42 bits per heavy atom. The number of hydrogen-bond donors (Lipinski definition) is 1. The van der Waals surface area contributed by atoms with Crippen molar-refractivity contribution in [2.45, 2.75) is 0 Å². The molecule has 2 aromatic carbocycles. The van der Waals surface area contributed by atoms with E-state index in [4.69, 9.17) is 16.3 Å². The van der Waals surface area contributed by atoms with Gasteiger partial charge in [-0.05, 0) is 36.4 Å². The fourth-order valence-electron chi connectivity index (χ4n) is 1.96. The Morgan fingerprint density at radius 1 is 1.12 bits per heavy atom. The second kappa shape index (κ2) is 8.96. The first-order chi connectivity index (χ1) is 12.4. The van der Waals surface area contributed by atoms with Crippen LogP contribution in [0.25, 0.3) is 0 Å². The molecular formula is C18H16ClFN2O4. The summed E-state index contributed by atoms with van der Waals surface area (Å²) in [4.78, 5) is 36.8. The third kappa shape index (κ3) is 5.56. The Labute approximate surface area is 154 Å². The van der Waals surface area contributed by atoms with Gasteiger partial charge in [0.15, 0.2) is 6.61 Å². The molecule has 0 saturated heterocycles. The topological polar surface area (TPSA) is 75.7 Å². The van der Waals surface area contributed by atoms with Gasteiger partial charge in [-0.25, -0.2) is 9.18 Å². The van der Waals surface area contributed by atoms with Crippen molar-refractivity contribution in [1.82, 2.24) is 4.90 Å². The van der Waals surface area contributed by atoms with Crippen LogP contribution in [0.1, 0.15) is 10.4 Å². The lowest BCUT2D eigenvalue weighted by molar-refractivity contribution is -0.136. The first kappa shape index (κ1) is 19.4. The van der Waals surface area contributed by atoms with Crippen LogP contribution in [0.4, 0.5) is 10.1 Å². The van der Waals surface area contributed by atoms with Crippen LogP contribution < -0.4 is 5.32 Å². The average Bonchev–Trinajstić information content (AvgIpc) is 2.61. The van der Waals surface area contributed by atoms with Gasteiger partial charge in [-0.15, -0.1) is 0 Å². The lowest BCUT2D eigenvalue weighted by Gasteiger charge is -2.17. The van der Waals surface area contributed by atoms with Crippen molar-refractivity contribution in [1.29, 1.82) is 0 Å². The molecule has 2 rings (SSSR count). The van der Waals surface area contributed by atoms with Gasteiger partial charge in [-0.1, -0.05) is 23.7 Å². The predicted octanol–water partition coefficient (Wildman–Crippen LogP) is 2.73. The monoisotopic (exact) mass is 378 g/mol. The molecule has 0 aliphatic rings. The van der Waals surface area contributed by atoms with Gasteiger partial charge < -0.3 is 15.0 Å². The van der Waals surface area contributed by atoms with Crippen molar-refractivity contribution < 1.29 is 23.5 Å². The summed E-state index contributed by atoms with van der Waals surface area (Å²) >= 11 is 5.94. The summed E-state index contributed by atoms with van der Waals surface area (Å²) < 4.78 is 17.7. The molecule has 136 valence electrons. The van der Waals surface area contributed by atoms with Crippen LogP contribution >= 0.6 is 11.6 Å². The minimum absolute atomic E-state index is 0.123. The number of esters is 1. The molecule has 0 fully saturated rings. The van der Waals surface area contributed by atoms with Crippen molar-refractivity contribution in [2.75, 3.05) is 25.5 Å². The van der Waals surface area contributed by atoms with E-state index in [1.165, 1.54) is 19.2 Å². The number of nitrogens with zero attached hydrogens (tertiary/aromatic N) is 1. The SMILES string of the molecule is CN(CC(=O)Nc1ccccc1Cl)C(=O)COC(=O)c1ccc(F)cc1. The maximum absolute atomic E-state index is 12.8. The number of para-hydroxylation sites is 1. The fourth-order valence-corrected chi connectivity index (χ4v) is 2.15. The van der Waals surface area contributed by atoms with Gasteiger partial charge in [-0.3, -0.25) is 9.59 Å². The summed E-state index contributed by atoms with van der Waals surface area (Å²) in [6, 6.07) is 11.4. The first-order valence-electron chi connectivity index (χ1n) is 7.58. The Bertz CT molecular complexity index is 811. The van der Waals surface area contributed by atoms with Crippen LogP contribution in [0.3, 0.4) is 0 Å². The van der Waals surface area contributed by atoms with E-state index in [0.29, 0.717) is 10.7 Å². The lowest BCUT2D eigenvalue weighted by atomic mass is 10.2. The molecule has 0 bridgehead atoms. The van der Waals surface area contributed by atoms with E-state index in [1.54, 1.807) is 24.3 Å². The molecule has 0 aliphatic heterocycles. The third-order valence-electron chi connectivity index (χ3n) is 3.36. The van der Waals surface area contributed by atoms with Crippen LogP contribution in [0.5, 0.6) is 0 Å². The van der Waals surface area contributed by atoms with E-state index in [-0.39, 0.29) is 12.1 Å². The summed E-state index contributed by atoms with van der Waals surface area (Å²) in [7, 11) is 1.40. The van der Waals surface area contributed by atoms with Gasteiger partial charge in [0, 0.05) is 7.05 Å². The Hall–Kier alpha value is -2.93. The zero-order valence-electron chi connectivity index (χ0n) is 13.9. The zero-order chi connectivity index (χ0) is 19.1. The van der Waals surface area contributed by atoms with E-state index in [1.807, 2.05) is 0 Å². The van der Waals surface area contributed by atoms with Gasteiger partial charge in [0.1, 0.15) is 5.82 Å². The molecule has 0 radical (unpaired) electrons. The first-order valence-corrected chi connectivity index (χ1v) is 7.95. The number of halogens is 2. The highest BCUT2D eigenvalue weighted by molar-refractivity contribution is 6.33. The van der Waals surface area contributed by atoms with E-state index in [2.05, 4.69) is 5.32 Å². The maximum atomic E-state index is 12.8. The Morgan fingerprint density at radius 2 is 1.77 bits per heavy atom. The van der Waals surface area contributed by atoms with E-state index in [9.17, 15) is 18.8 Å². The van der Waals surface area contributed by atoms with Crippen LogP contribution in [-0.2, 0) is 14.3 Å². The summed E-state index contributed by atoms with van der Waals surface area (Å²) in [5.41, 5.74) is 0.557. The Balaban J connectivity index is 1.81. The molecule has 2 amide bonds. The molecule has 0 aromatic heterocycles. The largest absolute Gasteiger partial charge is 0.452 e. The van der Waals surface area contributed by atoms with Crippen molar-refractivity contribution in [3.8, 4) is 0 Å². The summed E-state index contributed by atoms with van der Waals surface area (Å²) in [6.45, 7) is -0.774. The standard InChI is InChI=1S/C18H16ClFN2O4/c1-22(10-16(23)21-15-5-3-2-4-14(15)19)17(24)11-26-18(25)12-6-8-13(20)9-7-12/h2-9H,10-11H2,1H3,(H,21,23). The second-order valence-corrected chi connectivity index (χ2v) is 5.77. The highest BCUT2D eigenvalue weighted by atomic mass is 35.5. The molecule has 0 spiro atoms. The molecule has 8 heteroatoms. The van der Waals surface area contributed by atoms with Crippen LogP contribution in [0, 0.1) is 5.82 Å². The van der Waals surface area contributed by atoms with Crippen LogP contribution in [0.2, 0.25) is 5.02 Å². The third-order valence-corrected chi connectivity index (χ3v) is 3.69. The number of carbonyl (C=O) groups is 3. The molecule has 0 atom stereocenters. The average molecular weight is 379 g/mol. The van der Waals surface area contributed by atoms with E-state index < -0.39 is 30.2 Å². The number of carbonyl (C=O) groups excluding carboxylic acids is 3. The molecular weight excluding hydrogens is 363 g/mol. The minimum Gasteiger partial charge on any atom is -0.452 e. The molecule has 0 unspecified atom stereocenters. The molecule has 1 N–H and O–H groups in total. The molecule has 26 heavy (non-hydrogen) atoms. The fraction of sp³-hybridized carbons (Fsp3) is 0.167. The number of anilines is 1. The smallest absolute Gasteiger partial charge is 0.338 e. The zero-order valence-corrected chi connectivity index (χ0v) is 14.6. The number of ether oxygens (including phenoxy) is 1. The van der Waals surface area contributed by atoms with Crippen LogP contribution in [0.15, 0.2) is 48.5 Å². The Kier molecular flexibility index (Phi) is 6.68. The second-order valence-electron chi connectivity index (χ2n) is 5.36. The number of likely N-dealkylation sites (N-methyl/N-ethyl adjacent to an activating group) is 1. The van der Waals surface area contributed by atoms with Crippen molar-refractivity contribution >= 4 is 35.1 Å². The maximum Gasteiger partial charge on any atom is 0.338 e. The normalized spacial score (nSPS) is 10.1. The molecule has 0 aliphatic carbocycles. The van der Waals surface area contributed by atoms with E-state index >= 15 is 0 Å². The summed E-state index contributed by atoms with van der Waals surface area (Å²) in [6.07, 6.45) is 0. The van der Waals surface area contributed by atoms with Crippen LogP contribution in [-0.4, -0.2) is 42.9 Å². The van der Waals surface area contributed by atoms with Gasteiger partial charge in [-0.2, -0.15) is 0 Å². The van der Waals surface area contributed by atoms with Gasteiger partial charge >= 0.3 is 5.97 Å². The molecule has 0 saturated carbocycles. The minimum atomic E-state index is -0.757. The number of nitrogens with one attached hydrogen (secondary N) is 1. The van der Waals surface area contributed by atoms with Crippen molar-refractivity contribution in [3.63, 3.8) is 0 Å².